The number of aromatic hydroxyl groups is 1. The van der Waals surface area contributed by atoms with Crippen LogP contribution in [0.3, 0.4) is 0 Å². The van der Waals surface area contributed by atoms with Gasteiger partial charge in [-0.25, -0.2) is 17.6 Å². The van der Waals surface area contributed by atoms with Crippen LogP contribution in [0.5, 0.6) is 11.8 Å². The molecule has 3 aromatic rings. The van der Waals surface area contributed by atoms with Crippen LogP contribution >= 0.6 is 0 Å². The van der Waals surface area contributed by atoms with Crippen molar-refractivity contribution in [2.45, 2.75) is 50.5 Å². The normalized spacial score (nSPS) is 24.1. The van der Waals surface area contributed by atoms with Gasteiger partial charge in [-0.05, 0) is 69.9 Å². The van der Waals surface area contributed by atoms with E-state index in [1.54, 1.807) is 0 Å². The van der Waals surface area contributed by atoms with Crippen LogP contribution in [0.25, 0.3) is 22.2 Å². The van der Waals surface area contributed by atoms with Gasteiger partial charge in [0.1, 0.15) is 29.5 Å². The number of piperidine rings is 1. The highest BCUT2D eigenvalue weighted by atomic mass is 19.1. The molecule has 206 valence electrons. The monoisotopic (exact) mass is 543 g/mol. The maximum atomic E-state index is 16.1. The minimum atomic E-state index is -1.63. The van der Waals surface area contributed by atoms with Crippen LogP contribution < -0.4 is 9.64 Å². The maximum absolute atomic E-state index is 16.1. The first kappa shape index (κ1) is 24.8. The van der Waals surface area contributed by atoms with E-state index in [1.165, 1.54) is 6.20 Å². The highest BCUT2D eigenvalue weighted by Gasteiger charge is 2.45. The van der Waals surface area contributed by atoms with Crippen LogP contribution in [0.2, 0.25) is 0 Å². The summed E-state index contributed by atoms with van der Waals surface area (Å²) >= 11 is 0. The Morgan fingerprint density at radius 3 is 2.41 bits per heavy atom. The molecule has 1 saturated carbocycles. The summed E-state index contributed by atoms with van der Waals surface area (Å²) in [5.74, 6) is -5.46. The number of halogens is 4. The quantitative estimate of drug-likeness (QED) is 0.444. The second-order valence-electron chi connectivity index (χ2n) is 11.5. The second-order valence-corrected chi connectivity index (χ2v) is 11.5. The Labute approximate surface area is 222 Å². The van der Waals surface area contributed by atoms with Gasteiger partial charge >= 0.3 is 6.01 Å². The molecule has 3 aliphatic heterocycles. The first-order valence-electron chi connectivity index (χ1n) is 13.7. The fourth-order valence-electron chi connectivity index (χ4n) is 7.34. The van der Waals surface area contributed by atoms with Gasteiger partial charge in [0.25, 0.3) is 0 Å². The molecule has 5 heterocycles. The number of aromatic nitrogens is 3. The van der Waals surface area contributed by atoms with E-state index in [0.717, 1.165) is 71.1 Å². The molecule has 2 bridgehead atoms. The lowest BCUT2D eigenvalue weighted by Gasteiger charge is -2.34. The Morgan fingerprint density at radius 1 is 0.974 bits per heavy atom. The number of fused-ring (bicyclic) bond motifs is 4. The van der Waals surface area contributed by atoms with E-state index >= 15 is 4.39 Å². The van der Waals surface area contributed by atoms with E-state index in [4.69, 9.17) is 9.72 Å². The summed E-state index contributed by atoms with van der Waals surface area (Å²) in [6, 6.07) is 0.305. The van der Waals surface area contributed by atoms with Crippen LogP contribution in [0.4, 0.5) is 23.4 Å². The van der Waals surface area contributed by atoms with E-state index in [9.17, 15) is 18.3 Å². The fraction of sp³-hybridized carbons (Fsp3) is 0.536. The van der Waals surface area contributed by atoms with Crippen molar-refractivity contribution in [1.29, 1.82) is 0 Å². The van der Waals surface area contributed by atoms with Crippen molar-refractivity contribution in [3.63, 3.8) is 0 Å². The Hall–Kier alpha value is -3.21. The largest absolute Gasteiger partial charge is 0.503 e. The number of rotatable bonds is 5. The molecule has 4 fully saturated rings. The highest BCUT2D eigenvalue weighted by molar-refractivity contribution is 5.92. The van der Waals surface area contributed by atoms with Crippen LogP contribution in [0.15, 0.2) is 12.3 Å². The molecule has 1 N–H and O–H groups in total. The predicted octanol–water partition coefficient (Wildman–Crippen LogP) is 5.20. The summed E-state index contributed by atoms with van der Waals surface area (Å²) < 4.78 is 65.3. The molecule has 0 radical (unpaired) electrons. The number of ether oxygens (including phenoxy) is 1. The summed E-state index contributed by atoms with van der Waals surface area (Å²) in [6.45, 7) is 3.94. The number of anilines is 1. The van der Waals surface area contributed by atoms with Crippen molar-refractivity contribution in [3.05, 3.63) is 35.5 Å². The van der Waals surface area contributed by atoms with Gasteiger partial charge in [-0.3, -0.25) is 9.88 Å². The Bertz CT molecular complexity index is 1450. The summed E-state index contributed by atoms with van der Waals surface area (Å²) in [7, 11) is 0. The highest BCUT2D eigenvalue weighted by Crippen LogP contribution is 2.42. The zero-order chi connectivity index (χ0) is 26.9. The molecule has 2 aromatic heterocycles. The Kier molecular flexibility index (Phi) is 5.84. The number of nitrogens with zero attached hydrogens (tertiary/aromatic N) is 5. The van der Waals surface area contributed by atoms with Crippen molar-refractivity contribution in [3.8, 4) is 23.0 Å². The van der Waals surface area contributed by atoms with Gasteiger partial charge in [0.15, 0.2) is 23.2 Å². The van der Waals surface area contributed by atoms with Crippen LogP contribution in [-0.4, -0.2) is 63.3 Å². The zero-order valence-corrected chi connectivity index (χ0v) is 21.4. The molecule has 4 aliphatic rings. The molecule has 1 aliphatic carbocycles. The standard InChI is InChI=1S/C28H29F4N5O2/c29-18-10-19(30)25(38)21(31)20(18)24-22(32)23-17(11-33-24)26(36-12-15-3-4-16(9-15)13-36)35-27(34-23)39-14-28-5-1-7-37(28)8-2-6-28/h10-11,15-16,38H,1-9,12-14H2. The van der Waals surface area contributed by atoms with Gasteiger partial charge in [-0.15, -0.1) is 0 Å². The maximum Gasteiger partial charge on any atom is 0.319 e. The number of benzene rings is 1. The Morgan fingerprint density at radius 2 is 1.69 bits per heavy atom. The number of phenolic OH excluding ortho intramolecular Hbond substituents is 1. The number of phenols is 1. The molecule has 0 amide bonds. The number of pyridine rings is 1. The van der Waals surface area contributed by atoms with Crippen LogP contribution in [0.1, 0.15) is 44.9 Å². The molecule has 2 unspecified atom stereocenters. The lowest BCUT2D eigenvalue weighted by molar-refractivity contribution is 0.108. The van der Waals surface area contributed by atoms with Crippen molar-refractivity contribution in [2.75, 3.05) is 37.7 Å². The topological polar surface area (TPSA) is 74.6 Å². The van der Waals surface area contributed by atoms with Gasteiger partial charge in [-0.1, -0.05) is 0 Å². The van der Waals surface area contributed by atoms with E-state index in [0.29, 0.717) is 35.7 Å². The predicted molar refractivity (Wildman–Crippen MR) is 136 cm³/mol. The molecule has 7 rings (SSSR count). The zero-order valence-electron chi connectivity index (χ0n) is 21.4. The van der Waals surface area contributed by atoms with Crippen molar-refractivity contribution in [1.82, 2.24) is 19.9 Å². The molecule has 3 saturated heterocycles. The van der Waals surface area contributed by atoms with E-state index in [2.05, 4.69) is 19.8 Å². The second kappa shape index (κ2) is 9.18. The fourth-order valence-corrected chi connectivity index (χ4v) is 7.34. The Balaban J connectivity index is 1.34. The summed E-state index contributed by atoms with van der Waals surface area (Å²) in [5, 5.41) is 10.0. The van der Waals surface area contributed by atoms with Crippen molar-refractivity contribution < 1.29 is 27.4 Å². The van der Waals surface area contributed by atoms with Gasteiger partial charge in [0.2, 0.25) is 0 Å². The first-order chi connectivity index (χ1) is 18.8. The number of hydrogen-bond acceptors (Lipinski definition) is 7. The van der Waals surface area contributed by atoms with Gasteiger partial charge in [-0.2, -0.15) is 9.97 Å². The van der Waals surface area contributed by atoms with E-state index in [-0.39, 0.29) is 17.1 Å². The summed E-state index contributed by atoms with van der Waals surface area (Å²) in [4.78, 5) is 17.7. The minimum absolute atomic E-state index is 0.00231. The molecule has 7 nitrogen and oxygen atoms in total. The molecule has 1 aromatic carbocycles. The molecular weight excluding hydrogens is 514 g/mol. The van der Waals surface area contributed by atoms with Crippen LogP contribution in [-0.2, 0) is 0 Å². The van der Waals surface area contributed by atoms with Crippen LogP contribution in [0, 0.1) is 35.1 Å². The van der Waals surface area contributed by atoms with Crippen molar-refractivity contribution in [2.24, 2.45) is 11.8 Å². The average molecular weight is 544 g/mol. The third kappa shape index (κ3) is 3.99. The van der Waals surface area contributed by atoms with E-state index < -0.39 is 40.3 Å². The SMILES string of the molecule is Oc1c(F)cc(F)c(-c2ncc3c(N4CC5CCC(C5)C4)nc(OCC45CCCN4CCC5)nc3c2F)c1F. The lowest BCUT2D eigenvalue weighted by Crippen LogP contribution is -2.43. The van der Waals surface area contributed by atoms with Gasteiger partial charge in [0, 0.05) is 25.4 Å². The third-order valence-corrected chi connectivity index (χ3v) is 9.21. The summed E-state index contributed by atoms with van der Waals surface area (Å²) in [6.07, 6.45) is 8.92. The average Bonchev–Trinajstić information content (AvgIpc) is 3.60. The first-order valence-corrected chi connectivity index (χ1v) is 13.7. The lowest BCUT2D eigenvalue weighted by atomic mass is 9.95. The number of hydrogen-bond donors (Lipinski definition) is 1. The summed E-state index contributed by atoms with van der Waals surface area (Å²) in [5.41, 5.74) is -1.94. The van der Waals surface area contributed by atoms with Gasteiger partial charge in [0.05, 0.1) is 16.5 Å². The molecule has 0 spiro atoms. The third-order valence-electron chi connectivity index (χ3n) is 9.21. The molecule has 11 heteroatoms. The van der Waals surface area contributed by atoms with Gasteiger partial charge < -0.3 is 14.7 Å². The van der Waals surface area contributed by atoms with E-state index in [1.807, 2.05) is 0 Å². The molecular formula is C28H29F4N5O2. The molecule has 39 heavy (non-hydrogen) atoms. The van der Waals surface area contributed by atoms with Crippen molar-refractivity contribution >= 4 is 16.7 Å². The molecule has 2 atom stereocenters. The smallest absolute Gasteiger partial charge is 0.319 e. The minimum Gasteiger partial charge on any atom is -0.503 e.